The fourth-order valence-electron chi connectivity index (χ4n) is 0.931. The average Bonchev–Trinajstić information content (AvgIpc) is 1.97. The van der Waals surface area contributed by atoms with Crippen LogP contribution >= 0.6 is 11.6 Å². The van der Waals surface area contributed by atoms with E-state index in [0.717, 1.165) is 6.07 Å². The van der Waals surface area contributed by atoms with E-state index >= 15 is 0 Å². The summed E-state index contributed by atoms with van der Waals surface area (Å²) in [6.07, 6.45) is -2.73. The lowest BCUT2D eigenvalue weighted by molar-refractivity contribution is 0.150. The van der Waals surface area contributed by atoms with Crippen molar-refractivity contribution in [3.63, 3.8) is 0 Å². The SMILES string of the molecule is Cc1ccc(F)c(Cl)c1C(F)F. The van der Waals surface area contributed by atoms with E-state index in [9.17, 15) is 13.2 Å². The molecule has 0 aromatic heterocycles. The van der Waals surface area contributed by atoms with Crippen LogP contribution in [0.25, 0.3) is 0 Å². The quantitative estimate of drug-likeness (QED) is 0.639. The van der Waals surface area contributed by atoms with Crippen molar-refractivity contribution in [3.05, 3.63) is 34.1 Å². The Morgan fingerprint density at radius 1 is 1.33 bits per heavy atom. The third kappa shape index (κ3) is 1.55. The van der Waals surface area contributed by atoms with Gasteiger partial charge in [0, 0.05) is 5.56 Å². The summed E-state index contributed by atoms with van der Waals surface area (Å²) in [5.41, 5.74) is -0.118. The number of aryl methyl sites for hydroxylation is 1. The predicted octanol–water partition coefficient (Wildman–Crippen LogP) is 3.73. The lowest BCUT2D eigenvalue weighted by Gasteiger charge is -2.06. The van der Waals surface area contributed by atoms with E-state index in [2.05, 4.69) is 0 Å². The van der Waals surface area contributed by atoms with Crippen molar-refractivity contribution in [2.75, 3.05) is 0 Å². The molecule has 0 aliphatic rings. The monoisotopic (exact) mass is 194 g/mol. The van der Waals surface area contributed by atoms with E-state index in [0.29, 0.717) is 5.56 Å². The molecule has 1 rings (SSSR count). The Balaban J connectivity index is 3.33. The Bertz CT molecular complexity index is 297. The van der Waals surface area contributed by atoms with E-state index in [1.165, 1.54) is 13.0 Å². The van der Waals surface area contributed by atoms with E-state index in [4.69, 9.17) is 11.6 Å². The molecule has 0 bridgehead atoms. The van der Waals surface area contributed by atoms with Crippen LogP contribution in [0.2, 0.25) is 5.02 Å². The zero-order valence-electron chi connectivity index (χ0n) is 6.24. The van der Waals surface area contributed by atoms with Gasteiger partial charge in [-0.05, 0) is 18.6 Å². The van der Waals surface area contributed by atoms with Crippen molar-refractivity contribution in [1.29, 1.82) is 0 Å². The van der Waals surface area contributed by atoms with Gasteiger partial charge in [-0.2, -0.15) is 0 Å². The summed E-state index contributed by atoms with van der Waals surface area (Å²) in [6, 6.07) is 2.35. The topological polar surface area (TPSA) is 0 Å². The first-order valence-electron chi connectivity index (χ1n) is 3.26. The van der Waals surface area contributed by atoms with Crippen molar-refractivity contribution in [3.8, 4) is 0 Å². The highest BCUT2D eigenvalue weighted by molar-refractivity contribution is 6.31. The van der Waals surface area contributed by atoms with Gasteiger partial charge < -0.3 is 0 Å². The summed E-state index contributed by atoms with van der Waals surface area (Å²) in [5, 5.41) is -0.481. The van der Waals surface area contributed by atoms with Gasteiger partial charge in [-0.3, -0.25) is 0 Å². The molecule has 0 N–H and O–H groups in total. The highest BCUT2D eigenvalue weighted by Gasteiger charge is 2.17. The molecule has 1 aromatic carbocycles. The maximum absolute atomic E-state index is 12.7. The van der Waals surface area contributed by atoms with Crippen LogP contribution in [-0.4, -0.2) is 0 Å². The molecule has 4 heteroatoms. The largest absolute Gasteiger partial charge is 0.265 e. The molecule has 12 heavy (non-hydrogen) atoms. The molecule has 0 fully saturated rings. The van der Waals surface area contributed by atoms with E-state index < -0.39 is 22.8 Å². The van der Waals surface area contributed by atoms with Gasteiger partial charge in [0.1, 0.15) is 5.82 Å². The lowest BCUT2D eigenvalue weighted by Crippen LogP contribution is -1.93. The molecule has 0 saturated carbocycles. The zero-order chi connectivity index (χ0) is 9.30. The lowest BCUT2D eigenvalue weighted by atomic mass is 10.1. The van der Waals surface area contributed by atoms with Crippen LogP contribution in [0.3, 0.4) is 0 Å². The van der Waals surface area contributed by atoms with Gasteiger partial charge in [-0.1, -0.05) is 17.7 Å². The van der Waals surface area contributed by atoms with Crippen LogP contribution in [0.5, 0.6) is 0 Å². The number of hydrogen-bond donors (Lipinski definition) is 0. The van der Waals surface area contributed by atoms with Crippen molar-refractivity contribution in [2.24, 2.45) is 0 Å². The van der Waals surface area contributed by atoms with Crippen LogP contribution in [0.15, 0.2) is 12.1 Å². The standard InChI is InChI=1S/C8H6ClF3/c1-4-2-3-5(10)7(9)6(4)8(11)12/h2-3,8H,1H3. The zero-order valence-corrected chi connectivity index (χ0v) is 7.00. The highest BCUT2D eigenvalue weighted by Crippen LogP contribution is 2.31. The van der Waals surface area contributed by atoms with E-state index in [-0.39, 0.29) is 0 Å². The van der Waals surface area contributed by atoms with Crippen LogP contribution in [0.4, 0.5) is 13.2 Å². The first-order chi connectivity index (χ1) is 5.54. The van der Waals surface area contributed by atoms with Gasteiger partial charge in [0.2, 0.25) is 0 Å². The van der Waals surface area contributed by atoms with Crippen molar-refractivity contribution >= 4 is 11.6 Å². The Morgan fingerprint density at radius 3 is 2.33 bits per heavy atom. The second-order valence-corrected chi connectivity index (χ2v) is 2.77. The number of rotatable bonds is 1. The summed E-state index contributed by atoms with van der Waals surface area (Å²) in [5.74, 6) is -0.808. The first kappa shape index (κ1) is 9.39. The van der Waals surface area contributed by atoms with Crippen molar-refractivity contribution in [1.82, 2.24) is 0 Å². The first-order valence-corrected chi connectivity index (χ1v) is 3.64. The van der Waals surface area contributed by atoms with E-state index in [1.807, 2.05) is 0 Å². The molecule has 0 radical (unpaired) electrons. The third-order valence-corrected chi connectivity index (χ3v) is 1.95. The minimum atomic E-state index is -2.73. The molecule has 0 aliphatic carbocycles. The number of halogens is 4. The molecule has 1 aromatic rings. The highest BCUT2D eigenvalue weighted by atomic mass is 35.5. The second-order valence-electron chi connectivity index (χ2n) is 2.39. The maximum Gasteiger partial charge on any atom is 0.265 e. The average molecular weight is 195 g/mol. The summed E-state index contributed by atoms with van der Waals surface area (Å²) in [7, 11) is 0. The van der Waals surface area contributed by atoms with Gasteiger partial charge in [0.15, 0.2) is 0 Å². The third-order valence-electron chi connectivity index (χ3n) is 1.57. The van der Waals surface area contributed by atoms with Crippen LogP contribution in [0, 0.1) is 12.7 Å². The molecule has 0 amide bonds. The van der Waals surface area contributed by atoms with Gasteiger partial charge in [0.25, 0.3) is 6.43 Å². The molecule has 0 spiro atoms. The maximum atomic E-state index is 12.7. The molecule has 0 nitrogen and oxygen atoms in total. The molecular formula is C8H6ClF3. The Labute approximate surface area is 73.0 Å². The molecule has 0 heterocycles. The molecular weight excluding hydrogens is 189 g/mol. The van der Waals surface area contributed by atoms with Gasteiger partial charge in [0.05, 0.1) is 5.02 Å². The molecule has 0 unspecified atom stereocenters. The van der Waals surface area contributed by atoms with Crippen LogP contribution < -0.4 is 0 Å². The summed E-state index contributed by atoms with van der Waals surface area (Å²) in [6.45, 7) is 1.47. The number of hydrogen-bond acceptors (Lipinski definition) is 0. The molecule has 66 valence electrons. The summed E-state index contributed by atoms with van der Waals surface area (Å²) in [4.78, 5) is 0. The van der Waals surface area contributed by atoms with Gasteiger partial charge in [-0.15, -0.1) is 0 Å². The smallest absolute Gasteiger partial charge is 0.205 e. The van der Waals surface area contributed by atoms with Crippen LogP contribution in [-0.2, 0) is 0 Å². The molecule has 0 aliphatic heterocycles. The Morgan fingerprint density at radius 2 is 1.92 bits per heavy atom. The van der Waals surface area contributed by atoms with Gasteiger partial charge >= 0.3 is 0 Å². The fourth-order valence-corrected chi connectivity index (χ4v) is 1.23. The molecule has 0 saturated heterocycles. The van der Waals surface area contributed by atoms with E-state index in [1.54, 1.807) is 0 Å². The number of benzene rings is 1. The Hall–Kier alpha value is -0.700. The summed E-state index contributed by atoms with van der Waals surface area (Å²) >= 11 is 5.34. The molecule has 0 atom stereocenters. The minimum Gasteiger partial charge on any atom is -0.205 e. The Kier molecular flexibility index (Phi) is 2.62. The van der Waals surface area contributed by atoms with Crippen LogP contribution in [0.1, 0.15) is 17.6 Å². The second kappa shape index (κ2) is 3.35. The van der Waals surface area contributed by atoms with Gasteiger partial charge in [-0.25, -0.2) is 13.2 Å². The predicted molar refractivity (Wildman–Crippen MR) is 41.1 cm³/mol. The van der Waals surface area contributed by atoms with Crippen molar-refractivity contribution in [2.45, 2.75) is 13.3 Å². The van der Waals surface area contributed by atoms with Crippen molar-refractivity contribution < 1.29 is 13.2 Å². The normalized spacial score (nSPS) is 10.8. The minimum absolute atomic E-state index is 0.302. The number of alkyl halides is 2. The fraction of sp³-hybridized carbons (Fsp3) is 0.250. The summed E-state index contributed by atoms with van der Waals surface area (Å²) < 4.78 is 37.1.